The van der Waals surface area contributed by atoms with Gasteiger partial charge in [-0.25, -0.2) is 9.18 Å². The fourth-order valence-electron chi connectivity index (χ4n) is 4.91. The molecule has 0 saturated heterocycles. The highest BCUT2D eigenvalue weighted by atomic mass is 35.5. The molecule has 0 aliphatic carbocycles. The molecule has 0 fully saturated rings. The van der Waals surface area contributed by atoms with Crippen molar-refractivity contribution in [1.82, 2.24) is 16.0 Å². The van der Waals surface area contributed by atoms with Crippen LogP contribution in [0.5, 0.6) is 5.75 Å². The van der Waals surface area contributed by atoms with Gasteiger partial charge in [0.1, 0.15) is 17.2 Å². The lowest BCUT2D eigenvalue weighted by atomic mass is 10.1. The Bertz CT molecular complexity index is 1530. The molecule has 12 heteroatoms. The fourth-order valence-corrected chi connectivity index (χ4v) is 6.14. The summed E-state index contributed by atoms with van der Waals surface area (Å²) in [7, 11) is 1.58. The molecule has 1 atom stereocenters. The fraction of sp³-hybridized carbons (Fsp3) is 0.400. The molecule has 1 heterocycles. The van der Waals surface area contributed by atoms with Crippen molar-refractivity contribution in [2.45, 2.75) is 69.7 Å². The monoisotopic (exact) mass is 684 g/mol. The summed E-state index contributed by atoms with van der Waals surface area (Å²) in [6.07, 6.45) is 1.96. The summed E-state index contributed by atoms with van der Waals surface area (Å²) in [6, 6.07) is 16.7. The Morgan fingerprint density at radius 3 is 2.34 bits per heavy atom. The van der Waals surface area contributed by atoms with Crippen LogP contribution in [0.4, 0.5) is 14.9 Å². The molecule has 0 bridgehead atoms. The number of hydrogen-bond donors (Lipinski definition) is 3. The molecule has 3 aromatic carbocycles. The zero-order valence-electron chi connectivity index (χ0n) is 27.2. The molecule has 0 radical (unpaired) electrons. The molecule has 0 spiro atoms. The Hall–Kier alpha value is -3.80. The van der Waals surface area contributed by atoms with E-state index in [9.17, 15) is 14.4 Å². The summed E-state index contributed by atoms with van der Waals surface area (Å²) in [5.41, 5.74) is 1.46. The smallest absolute Gasteiger partial charge is 0.407 e. The molecule has 0 saturated carbocycles. The van der Waals surface area contributed by atoms with Gasteiger partial charge in [0.2, 0.25) is 5.91 Å². The van der Waals surface area contributed by atoms with E-state index >= 15 is 4.39 Å². The molecule has 3 N–H and O–H groups in total. The maximum absolute atomic E-state index is 15.4. The van der Waals surface area contributed by atoms with Crippen LogP contribution >= 0.6 is 23.4 Å². The average molecular weight is 685 g/mol. The Balaban J connectivity index is 1.43. The predicted molar refractivity (Wildman–Crippen MR) is 184 cm³/mol. The Morgan fingerprint density at radius 1 is 0.979 bits per heavy atom. The first-order chi connectivity index (χ1) is 22.4. The highest BCUT2D eigenvalue weighted by Crippen LogP contribution is 2.37. The molecular formula is C35H42ClFN4O5S. The predicted octanol–water partition coefficient (Wildman–Crippen LogP) is 6.71. The van der Waals surface area contributed by atoms with E-state index in [-0.39, 0.29) is 24.6 Å². The number of nitrogens with zero attached hydrogens (tertiary/aromatic N) is 1. The second-order valence-corrected chi connectivity index (χ2v) is 13.7. The molecule has 1 aliphatic rings. The minimum Gasteiger partial charge on any atom is -0.497 e. The van der Waals surface area contributed by atoms with Crippen molar-refractivity contribution in [2.24, 2.45) is 0 Å². The summed E-state index contributed by atoms with van der Waals surface area (Å²) < 4.78 is 25.8. The SMILES string of the molecule is COc1ccc(CNC(=O)c2cc3c(cc2F)SC[C@H](NCCCCCNC(=O)OC(C)(C)C)C(=O)N3Cc2ccc(Cl)cc2)cc1. The van der Waals surface area contributed by atoms with Crippen molar-refractivity contribution >= 4 is 47.0 Å². The number of benzene rings is 3. The minimum absolute atomic E-state index is 0.141. The summed E-state index contributed by atoms with van der Waals surface area (Å²) in [4.78, 5) is 41.2. The van der Waals surface area contributed by atoms with Gasteiger partial charge in [0.25, 0.3) is 5.91 Å². The van der Waals surface area contributed by atoms with E-state index in [1.54, 1.807) is 36.3 Å². The van der Waals surface area contributed by atoms with Crippen molar-refractivity contribution < 1.29 is 28.2 Å². The lowest BCUT2D eigenvalue weighted by Gasteiger charge is -2.26. The maximum atomic E-state index is 15.4. The van der Waals surface area contributed by atoms with Crippen LogP contribution in [0.1, 0.15) is 61.5 Å². The second-order valence-electron chi connectivity index (χ2n) is 12.2. The number of thioether (sulfide) groups is 1. The largest absolute Gasteiger partial charge is 0.497 e. The Kier molecular flexibility index (Phi) is 12.9. The number of fused-ring (bicyclic) bond motifs is 1. The molecule has 0 aromatic heterocycles. The van der Waals surface area contributed by atoms with Crippen LogP contribution in [0.15, 0.2) is 65.6 Å². The number of hydrogen-bond acceptors (Lipinski definition) is 7. The average Bonchev–Trinajstić information content (AvgIpc) is 3.15. The van der Waals surface area contributed by atoms with Crippen LogP contribution in [-0.2, 0) is 22.6 Å². The van der Waals surface area contributed by atoms with E-state index in [2.05, 4.69) is 16.0 Å². The van der Waals surface area contributed by atoms with Crippen LogP contribution in [0.2, 0.25) is 5.02 Å². The number of anilines is 1. The number of alkyl carbamates (subject to hydrolysis) is 1. The van der Waals surface area contributed by atoms with Crippen LogP contribution in [0, 0.1) is 5.82 Å². The first-order valence-corrected chi connectivity index (χ1v) is 16.9. The van der Waals surface area contributed by atoms with Gasteiger partial charge in [0.15, 0.2) is 0 Å². The number of nitrogens with one attached hydrogen (secondary N) is 3. The van der Waals surface area contributed by atoms with E-state index in [1.807, 2.05) is 45.0 Å². The van der Waals surface area contributed by atoms with E-state index in [4.69, 9.17) is 21.1 Å². The standard InChI is InChI=1S/C35H42ClFN4O5S/c1-35(2,3)46-34(44)39-17-7-5-6-16-38-29-22-47-31-19-28(37)27(32(42)40-20-23-10-14-26(45-4)15-11-23)18-30(31)41(33(29)43)21-24-8-12-25(36)13-9-24/h8-15,18-19,29,38H,5-7,16-17,20-22H2,1-4H3,(H,39,44)(H,40,42)/t29-/m0/s1. The topological polar surface area (TPSA) is 109 Å². The Morgan fingerprint density at radius 2 is 1.66 bits per heavy atom. The zero-order chi connectivity index (χ0) is 34.0. The van der Waals surface area contributed by atoms with E-state index in [1.165, 1.54) is 23.9 Å². The Labute approximate surface area is 284 Å². The highest BCUT2D eigenvalue weighted by molar-refractivity contribution is 7.99. The number of unbranched alkanes of at least 4 members (excludes halogenated alkanes) is 2. The van der Waals surface area contributed by atoms with E-state index < -0.39 is 29.5 Å². The number of ether oxygens (including phenoxy) is 2. The summed E-state index contributed by atoms with van der Waals surface area (Å²) in [5, 5.41) is 9.49. The van der Waals surface area contributed by atoms with Gasteiger partial charge in [-0.15, -0.1) is 11.8 Å². The molecule has 0 unspecified atom stereocenters. The number of amides is 3. The summed E-state index contributed by atoms with van der Waals surface area (Å²) >= 11 is 7.48. The molecule has 3 aromatic rings. The molecule has 4 rings (SSSR count). The zero-order valence-corrected chi connectivity index (χ0v) is 28.7. The van der Waals surface area contributed by atoms with Crippen molar-refractivity contribution in [3.8, 4) is 5.75 Å². The van der Waals surface area contributed by atoms with Gasteiger partial charge >= 0.3 is 6.09 Å². The summed E-state index contributed by atoms with van der Waals surface area (Å²) in [5.74, 6) is -0.320. The van der Waals surface area contributed by atoms with Crippen molar-refractivity contribution in [3.05, 3.63) is 88.2 Å². The normalized spacial score (nSPS) is 14.6. The number of carbonyl (C=O) groups is 3. The molecule has 9 nitrogen and oxygen atoms in total. The number of carbonyl (C=O) groups excluding carboxylic acids is 3. The molecule has 1 aliphatic heterocycles. The third-order valence-electron chi connectivity index (χ3n) is 7.33. The van der Waals surface area contributed by atoms with Gasteiger partial charge in [-0.2, -0.15) is 0 Å². The van der Waals surface area contributed by atoms with Gasteiger partial charge < -0.3 is 30.3 Å². The third kappa shape index (κ3) is 10.9. The first kappa shape index (κ1) is 36.0. The number of halogens is 2. The van der Waals surface area contributed by atoms with Gasteiger partial charge in [-0.1, -0.05) is 42.3 Å². The lowest BCUT2D eigenvalue weighted by Crippen LogP contribution is -2.47. The van der Waals surface area contributed by atoms with Crippen molar-refractivity contribution in [1.29, 1.82) is 0 Å². The number of rotatable bonds is 13. The summed E-state index contributed by atoms with van der Waals surface area (Å²) in [6.45, 7) is 6.95. The maximum Gasteiger partial charge on any atom is 0.407 e. The van der Waals surface area contributed by atoms with Gasteiger partial charge in [0, 0.05) is 28.8 Å². The van der Waals surface area contributed by atoms with Crippen LogP contribution in [-0.4, -0.2) is 55.5 Å². The van der Waals surface area contributed by atoms with Crippen LogP contribution in [0.3, 0.4) is 0 Å². The first-order valence-electron chi connectivity index (χ1n) is 15.6. The lowest BCUT2D eigenvalue weighted by molar-refractivity contribution is -0.120. The molecule has 47 heavy (non-hydrogen) atoms. The molecule has 3 amide bonds. The van der Waals surface area contributed by atoms with E-state index in [0.29, 0.717) is 40.2 Å². The highest BCUT2D eigenvalue weighted by Gasteiger charge is 2.32. The minimum atomic E-state index is -0.659. The van der Waals surface area contributed by atoms with Crippen molar-refractivity contribution in [3.63, 3.8) is 0 Å². The molecular weight excluding hydrogens is 643 g/mol. The van der Waals surface area contributed by atoms with Gasteiger partial charge in [-0.3, -0.25) is 9.59 Å². The van der Waals surface area contributed by atoms with E-state index in [0.717, 1.165) is 30.4 Å². The van der Waals surface area contributed by atoms with Gasteiger partial charge in [0.05, 0.1) is 30.9 Å². The molecule has 252 valence electrons. The third-order valence-corrected chi connectivity index (χ3v) is 8.72. The quantitative estimate of drug-likeness (QED) is 0.172. The second kappa shape index (κ2) is 16.9. The van der Waals surface area contributed by atoms with Gasteiger partial charge in [-0.05, 0) is 87.7 Å². The number of methoxy groups -OCH3 is 1. The van der Waals surface area contributed by atoms with Crippen molar-refractivity contribution in [2.75, 3.05) is 30.9 Å². The van der Waals surface area contributed by atoms with Crippen LogP contribution < -0.4 is 25.6 Å². The van der Waals surface area contributed by atoms with Crippen LogP contribution in [0.25, 0.3) is 0 Å².